The van der Waals surface area contributed by atoms with Gasteiger partial charge in [-0.05, 0) is 30.2 Å². The molecule has 0 radical (unpaired) electrons. The van der Waals surface area contributed by atoms with Crippen molar-refractivity contribution in [3.8, 4) is 5.75 Å². The van der Waals surface area contributed by atoms with E-state index >= 15 is 0 Å². The van der Waals surface area contributed by atoms with Crippen LogP contribution in [0.1, 0.15) is 22.8 Å². The van der Waals surface area contributed by atoms with E-state index in [1.165, 1.54) is 0 Å². The number of para-hydroxylation sites is 1. The molecule has 4 heterocycles. The number of hydrogen-bond donors (Lipinski definition) is 2. The summed E-state index contributed by atoms with van der Waals surface area (Å²) in [4.78, 5) is 69.7. The molecule has 5 aliphatic rings. The number of carboxylic acids is 1. The van der Waals surface area contributed by atoms with Crippen LogP contribution in [0.5, 0.6) is 5.75 Å². The Morgan fingerprint density at radius 2 is 1.80 bits per heavy atom. The maximum atomic E-state index is 13.4. The molecule has 3 aliphatic heterocycles. The number of nitrogens with one attached hydrogen (secondary N) is 1. The number of benzene rings is 1. The molecular weight excluding hydrogens is 558 g/mol. The number of ether oxygens (including phenoxy) is 2. The Morgan fingerprint density at radius 1 is 1.07 bits per heavy atom. The van der Waals surface area contributed by atoms with Crippen LogP contribution in [-0.2, 0) is 23.9 Å². The minimum absolute atomic E-state index is 0.0291. The number of likely N-dealkylation sites (tertiary alicyclic amines) is 1. The van der Waals surface area contributed by atoms with Gasteiger partial charge in [-0.15, -0.1) is 11.8 Å². The number of carboxylic acid groups (broad SMARTS) is 1. The molecule has 0 spiro atoms. The van der Waals surface area contributed by atoms with E-state index in [9.17, 15) is 29.1 Å². The second-order valence-electron chi connectivity index (χ2n) is 10.9. The Balaban J connectivity index is 1.24. The van der Waals surface area contributed by atoms with E-state index < -0.39 is 36.2 Å². The van der Waals surface area contributed by atoms with Crippen LogP contribution in [0.15, 0.2) is 34.1 Å². The van der Waals surface area contributed by atoms with E-state index in [0.717, 1.165) is 31.7 Å². The van der Waals surface area contributed by atoms with Crippen molar-refractivity contribution >= 4 is 46.8 Å². The molecule has 2 bridgehead atoms. The molecule has 4 fully saturated rings. The third kappa shape index (κ3) is 3.92. The number of thioether (sulfide) groups is 1. The number of nitrogens with zero attached hydrogens (tertiary/aromatic N) is 2. The predicted molar refractivity (Wildman–Crippen MR) is 142 cm³/mol. The first-order valence-electron chi connectivity index (χ1n) is 13.4. The highest BCUT2D eigenvalue weighted by Crippen LogP contribution is 2.68. The number of aromatic nitrogens is 1. The van der Waals surface area contributed by atoms with Crippen LogP contribution in [0.25, 0.3) is 0 Å². The fourth-order valence-electron chi connectivity index (χ4n) is 7.63. The van der Waals surface area contributed by atoms with Crippen LogP contribution in [0.3, 0.4) is 0 Å². The summed E-state index contributed by atoms with van der Waals surface area (Å²) in [5.74, 6) is -3.25. The first-order chi connectivity index (χ1) is 19.3. The zero-order valence-corrected chi connectivity index (χ0v) is 22.9. The molecule has 2 N–H and O–H groups in total. The number of aromatic amines is 1. The summed E-state index contributed by atoms with van der Waals surface area (Å²) < 4.78 is 11.5. The van der Waals surface area contributed by atoms with Gasteiger partial charge in [-0.1, -0.05) is 29.5 Å². The van der Waals surface area contributed by atoms with Gasteiger partial charge in [0, 0.05) is 34.7 Å². The molecule has 11 nitrogen and oxygen atoms in total. The van der Waals surface area contributed by atoms with E-state index in [1.54, 1.807) is 16.7 Å². The molecule has 2 aromatic rings. The number of rotatable bonds is 6. The van der Waals surface area contributed by atoms with Gasteiger partial charge in [0.05, 0.1) is 30.1 Å². The zero-order chi connectivity index (χ0) is 27.7. The van der Waals surface area contributed by atoms with Gasteiger partial charge >= 0.3 is 10.8 Å². The van der Waals surface area contributed by atoms with Gasteiger partial charge in [-0.2, -0.15) is 0 Å². The van der Waals surface area contributed by atoms with Crippen LogP contribution in [0.4, 0.5) is 0 Å². The minimum atomic E-state index is -1.21. The number of aliphatic carboxylic acids is 1. The average molecular weight is 586 g/mol. The van der Waals surface area contributed by atoms with Crippen LogP contribution in [0, 0.1) is 29.6 Å². The Bertz CT molecular complexity index is 1470. The maximum absolute atomic E-state index is 13.4. The van der Waals surface area contributed by atoms with Gasteiger partial charge in [0.1, 0.15) is 12.3 Å². The lowest BCUT2D eigenvalue weighted by Crippen LogP contribution is -2.43. The lowest BCUT2D eigenvalue weighted by molar-refractivity contribution is -0.149. The first kappa shape index (κ1) is 25.8. The summed E-state index contributed by atoms with van der Waals surface area (Å²) in [6, 6.07) is 7.50. The number of hydrogen-bond acceptors (Lipinski definition) is 9. The van der Waals surface area contributed by atoms with Gasteiger partial charge in [0.15, 0.2) is 6.61 Å². The lowest BCUT2D eigenvalue weighted by atomic mass is 9.68. The highest BCUT2D eigenvalue weighted by Gasteiger charge is 2.69. The number of H-pyrrole nitrogens is 1. The molecule has 6 unspecified atom stereocenters. The van der Waals surface area contributed by atoms with Crippen LogP contribution in [-0.4, -0.2) is 88.3 Å². The van der Waals surface area contributed by atoms with Crippen molar-refractivity contribution in [2.75, 3.05) is 39.5 Å². The van der Waals surface area contributed by atoms with E-state index in [2.05, 4.69) is 4.98 Å². The van der Waals surface area contributed by atoms with Gasteiger partial charge in [-0.25, -0.2) is 0 Å². The summed E-state index contributed by atoms with van der Waals surface area (Å²) in [5.41, 5.74) is 0.840. The van der Waals surface area contributed by atoms with Crippen molar-refractivity contribution in [1.82, 2.24) is 14.8 Å². The fourth-order valence-corrected chi connectivity index (χ4v) is 10.5. The second-order valence-corrected chi connectivity index (χ2v) is 13.1. The molecule has 1 aromatic heterocycles. The number of carbonyl (C=O) groups is 4. The summed E-state index contributed by atoms with van der Waals surface area (Å²) in [6.45, 7) is 1.28. The third-order valence-electron chi connectivity index (χ3n) is 9.08. The van der Waals surface area contributed by atoms with Crippen molar-refractivity contribution in [3.63, 3.8) is 0 Å². The average Bonchev–Trinajstić information content (AvgIpc) is 3.68. The number of imide groups is 1. The largest absolute Gasteiger partial charge is 0.483 e. The SMILES string of the molecule is O=C(O)CN1C(=O)C2C3CC(C2C1=O)C1C3Sc2[nH]c(=O)sc2[C@@H]1c1ccccc1OCC(=O)N1CCOCC1. The van der Waals surface area contributed by atoms with Crippen molar-refractivity contribution in [1.29, 1.82) is 0 Å². The van der Waals surface area contributed by atoms with Crippen LogP contribution >= 0.6 is 23.1 Å². The topological polar surface area (TPSA) is 146 Å². The van der Waals surface area contributed by atoms with E-state index in [4.69, 9.17) is 9.47 Å². The van der Waals surface area contributed by atoms with Crippen LogP contribution in [0.2, 0.25) is 0 Å². The summed E-state index contributed by atoms with van der Waals surface area (Å²) >= 11 is 2.71. The first-order valence-corrected chi connectivity index (χ1v) is 15.1. The van der Waals surface area contributed by atoms with Gasteiger partial charge in [0.25, 0.3) is 5.91 Å². The van der Waals surface area contributed by atoms with E-state index in [-0.39, 0.29) is 46.3 Å². The minimum Gasteiger partial charge on any atom is -0.483 e. The number of amides is 3. The summed E-state index contributed by atoms with van der Waals surface area (Å²) in [6.07, 6.45) is 0.699. The van der Waals surface area contributed by atoms with E-state index in [0.29, 0.717) is 38.5 Å². The molecular formula is C27H27N3O8S2. The van der Waals surface area contributed by atoms with Crippen molar-refractivity contribution < 1.29 is 33.8 Å². The quantitative estimate of drug-likeness (QED) is 0.478. The molecule has 3 amide bonds. The van der Waals surface area contributed by atoms with E-state index in [1.807, 2.05) is 24.3 Å². The highest BCUT2D eigenvalue weighted by molar-refractivity contribution is 8.00. The molecule has 1 aromatic carbocycles. The predicted octanol–water partition coefficient (Wildman–Crippen LogP) is 1.23. The zero-order valence-electron chi connectivity index (χ0n) is 21.3. The number of morpholine rings is 1. The monoisotopic (exact) mass is 585 g/mol. The standard InChI is InChI=1S/C27H27N3O8S2/c31-16(29-5-7-37-8-6-29)11-38-15-4-2-1-3-12(15)18-19-13-9-14(22(19)39-24-23(18)40-27(36)28-24)21-20(13)25(34)30(26(21)35)10-17(32)33/h1-4,13-14,18-22H,5-11H2,(H,28,36)(H,32,33)/t13?,14?,18-,19?,20?,21?,22?/m1/s1. The maximum Gasteiger partial charge on any atom is 0.323 e. The lowest BCUT2D eigenvalue weighted by Gasteiger charge is -2.43. The van der Waals surface area contributed by atoms with Crippen molar-refractivity contribution in [2.24, 2.45) is 29.6 Å². The number of carbonyl (C=O) groups excluding carboxylic acids is 3. The Labute approximate surface area is 236 Å². The highest BCUT2D eigenvalue weighted by atomic mass is 32.2. The second kappa shape index (κ2) is 9.74. The molecule has 210 valence electrons. The molecule has 7 rings (SSSR count). The molecule has 7 atom stereocenters. The van der Waals surface area contributed by atoms with Crippen LogP contribution < -0.4 is 9.61 Å². The molecule has 40 heavy (non-hydrogen) atoms. The van der Waals surface area contributed by atoms with Gasteiger partial charge in [0.2, 0.25) is 11.8 Å². The molecule has 2 saturated carbocycles. The third-order valence-corrected chi connectivity index (χ3v) is 11.7. The summed E-state index contributed by atoms with van der Waals surface area (Å²) in [7, 11) is 0. The van der Waals surface area contributed by atoms with Gasteiger partial charge < -0.3 is 24.5 Å². The normalized spacial score (nSPS) is 32.1. The smallest absolute Gasteiger partial charge is 0.323 e. The summed E-state index contributed by atoms with van der Waals surface area (Å²) in [5, 5.41) is 10.0. The molecule has 13 heteroatoms. The number of fused-ring (bicyclic) bond motifs is 9. The Hall–Kier alpha value is -3.16. The molecule has 2 aliphatic carbocycles. The fraction of sp³-hybridized carbons (Fsp3) is 0.519. The van der Waals surface area contributed by atoms with Crippen molar-refractivity contribution in [3.05, 3.63) is 44.4 Å². The van der Waals surface area contributed by atoms with Gasteiger partial charge in [-0.3, -0.25) is 28.9 Å². The molecule has 2 saturated heterocycles. The Kier molecular flexibility index (Phi) is 6.28. The Morgan fingerprint density at radius 3 is 2.55 bits per heavy atom. The number of thiazole rings is 1. The van der Waals surface area contributed by atoms with Crippen molar-refractivity contribution in [2.45, 2.75) is 22.6 Å².